The predicted octanol–water partition coefficient (Wildman–Crippen LogP) is -0.268. The highest BCUT2D eigenvalue weighted by Gasteiger charge is 2.31. The van der Waals surface area contributed by atoms with Gasteiger partial charge >= 0.3 is 0 Å². The van der Waals surface area contributed by atoms with Crippen LogP contribution in [0.4, 0.5) is 0 Å². The van der Waals surface area contributed by atoms with E-state index in [1.54, 1.807) is 17.0 Å². The number of carbonyl (C=O) groups is 1. The summed E-state index contributed by atoms with van der Waals surface area (Å²) in [6, 6.07) is 7.15. The standard InChI is InChI=1S/C20H31N3O4S/c1-20(2,3)17-4-6-18(7-5-17)28(25,26)23-10-8-22(9-11-23)19(24)16-21-12-14-27-15-13-21/h4-7H,8-16H2,1-3H3/p+1. The number of quaternary nitrogens is 1. The minimum absolute atomic E-state index is 0.0171. The maximum Gasteiger partial charge on any atom is 0.277 e. The molecule has 1 N–H and O–H groups in total. The van der Waals surface area contributed by atoms with Gasteiger partial charge < -0.3 is 14.5 Å². The van der Waals surface area contributed by atoms with E-state index in [1.807, 2.05) is 12.1 Å². The van der Waals surface area contributed by atoms with Crippen molar-refractivity contribution >= 4 is 15.9 Å². The molecular weight excluding hydrogens is 378 g/mol. The van der Waals surface area contributed by atoms with Crippen molar-refractivity contribution in [1.29, 1.82) is 0 Å². The molecule has 1 aromatic rings. The highest BCUT2D eigenvalue weighted by atomic mass is 32.2. The zero-order chi connectivity index (χ0) is 20.4. The fraction of sp³-hybridized carbons (Fsp3) is 0.650. The highest BCUT2D eigenvalue weighted by Crippen LogP contribution is 2.25. The zero-order valence-electron chi connectivity index (χ0n) is 17.1. The van der Waals surface area contributed by atoms with Gasteiger partial charge in [-0.05, 0) is 23.1 Å². The van der Waals surface area contributed by atoms with Gasteiger partial charge in [0.1, 0.15) is 13.1 Å². The van der Waals surface area contributed by atoms with Crippen molar-refractivity contribution in [2.75, 3.05) is 59.0 Å². The van der Waals surface area contributed by atoms with Crippen molar-refractivity contribution < 1.29 is 22.8 Å². The topological polar surface area (TPSA) is 71.4 Å². The van der Waals surface area contributed by atoms with Gasteiger partial charge in [0, 0.05) is 26.2 Å². The van der Waals surface area contributed by atoms with Crippen molar-refractivity contribution in [3.63, 3.8) is 0 Å². The lowest BCUT2D eigenvalue weighted by Crippen LogP contribution is -3.15. The summed E-state index contributed by atoms with van der Waals surface area (Å²) < 4.78 is 32.7. The molecule has 0 spiro atoms. The molecule has 2 fully saturated rings. The minimum Gasteiger partial charge on any atom is -0.370 e. The van der Waals surface area contributed by atoms with Crippen LogP contribution in [0.15, 0.2) is 29.2 Å². The predicted molar refractivity (Wildman–Crippen MR) is 107 cm³/mol. The molecule has 7 nitrogen and oxygen atoms in total. The van der Waals surface area contributed by atoms with Crippen molar-refractivity contribution in [2.24, 2.45) is 0 Å². The van der Waals surface area contributed by atoms with E-state index in [4.69, 9.17) is 4.74 Å². The Bertz CT molecular complexity index is 773. The Hall–Kier alpha value is -1.48. The van der Waals surface area contributed by atoms with Gasteiger partial charge in [0.05, 0.1) is 18.1 Å². The molecule has 2 aliphatic heterocycles. The SMILES string of the molecule is CC(C)(C)c1ccc(S(=O)(=O)N2CCN(C(=O)C[NH+]3CCOCC3)CC2)cc1. The average Bonchev–Trinajstić information content (AvgIpc) is 2.68. The van der Waals surface area contributed by atoms with Gasteiger partial charge in [0.15, 0.2) is 6.54 Å². The van der Waals surface area contributed by atoms with Crippen LogP contribution in [0.5, 0.6) is 0 Å². The van der Waals surface area contributed by atoms with Crippen LogP contribution in [0, 0.1) is 0 Å². The molecule has 0 aromatic heterocycles. The number of amides is 1. The Balaban J connectivity index is 1.58. The summed E-state index contributed by atoms with van der Waals surface area (Å²) >= 11 is 0. The molecule has 0 radical (unpaired) electrons. The van der Waals surface area contributed by atoms with E-state index >= 15 is 0 Å². The fourth-order valence-electron chi connectivity index (χ4n) is 3.62. The van der Waals surface area contributed by atoms with Crippen LogP contribution in [0.2, 0.25) is 0 Å². The second-order valence-corrected chi connectivity index (χ2v) is 10.5. The third-order valence-corrected chi connectivity index (χ3v) is 7.46. The van der Waals surface area contributed by atoms with E-state index in [2.05, 4.69) is 20.8 Å². The molecule has 0 atom stereocenters. The van der Waals surface area contributed by atoms with E-state index in [9.17, 15) is 13.2 Å². The van der Waals surface area contributed by atoms with E-state index in [1.165, 1.54) is 9.21 Å². The van der Waals surface area contributed by atoms with Gasteiger partial charge in [-0.15, -0.1) is 0 Å². The Kier molecular flexibility index (Phi) is 6.44. The lowest BCUT2D eigenvalue weighted by Gasteiger charge is -2.35. The number of nitrogens with zero attached hydrogens (tertiary/aromatic N) is 2. The largest absolute Gasteiger partial charge is 0.370 e. The molecule has 156 valence electrons. The van der Waals surface area contributed by atoms with Crippen molar-refractivity contribution in [3.8, 4) is 0 Å². The minimum atomic E-state index is -3.53. The summed E-state index contributed by atoms with van der Waals surface area (Å²) in [6.07, 6.45) is 0. The molecule has 2 saturated heterocycles. The Morgan fingerprint density at radius 3 is 2.14 bits per heavy atom. The fourth-order valence-corrected chi connectivity index (χ4v) is 5.04. The summed E-state index contributed by atoms with van der Waals surface area (Å²) in [4.78, 5) is 15.9. The molecule has 1 amide bonds. The molecule has 28 heavy (non-hydrogen) atoms. The van der Waals surface area contributed by atoms with Crippen LogP contribution in [-0.4, -0.2) is 82.6 Å². The van der Waals surface area contributed by atoms with Crippen LogP contribution >= 0.6 is 0 Å². The molecular formula is C20H32N3O4S+. The van der Waals surface area contributed by atoms with E-state index in [-0.39, 0.29) is 11.3 Å². The summed E-state index contributed by atoms with van der Waals surface area (Å²) in [6.45, 7) is 11.4. The monoisotopic (exact) mass is 410 g/mol. The number of nitrogens with one attached hydrogen (secondary N) is 1. The van der Waals surface area contributed by atoms with Crippen molar-refractivity contribution in [1.82, 2.24) is 9.21 Å². The normalized spacial score (nSPS) is 20.3. The molecule has 0 aliphatic carbocycles. The molecule has 0 saturated carbocycles. The van der Waals surface area contributed by atoms with E-state index < -0.39 is 10.0 Å². The van der Waals surface area contributed by atoms with Gasteiger partial charge in [0.2, 0.25) is 10.0 Å². The molecule has 2 aliphatic rings. The summed E-state index contributed by atoms with van der Waals surface area (Å²) in [5, 5.41) is 0. The third-order valence-electron chi connectivity index (χ3n) is 5.55. The van der Waals surface area contributed by atoms with Gasteiger partial charge in [0.25, 0.3) is 5.91 Å². The van der Waals surface area contributed by atoms with Crippen LogP contribution in [0.25, 0.3) is 0 Å². The first kappa shape index (κ1) is 21.2. The first-order valence-electron chi connectivity index (χ1n) is 9.98. The molecule has 8 heteroatoms. The third kappa shape index (κ3) is 4.92. The van der Waals surface area contributed by atoms with Gasteiger partial charge in [-0.1, -0.05) is 32.9 Å². The van der Waals surface area contributed by atoms with Crippen LogP contribution in [0.3, 0.4) is 0 Å². The number of piperazine rings is 1. The lowest BCUT2D eigenvalue weighted by atomic mass is 9.87. The highest BCUT2D eigenvalue weighted by molar-refractivity contribution is 7.89. The average molecular weight is 411 g/mol. The Labute approximate surface area is 168 Å². The molecule has 3 rings (SSSR count). The number of morpholine rings is 1. The van der Waals surface area contributed by atoms with Crippen molar-refractivity contribution in [3.05, 3.63) is 29.8 Å². The number of benzene rings is 1. The Morgan fingerprint density at radius 1 is 1.04 bits per heavy atom. The van der Waals surface area contributed by atoms with Crippen LogP contribution in [0.1, 0.15) is 26.3 Å². The quantitative estimate of drug-likeness (QED) is 0.742. The molecule has 0 bridgehead atoms. The van der Waals surface area contributed by atoms with Crippen LogP contribution < -0.4 is 4.90 Å². The summed E-state index contributed by atoms with van der Waals surface area (Å²) in [5.41, 5.74) is 1.09. The molecule has 2 heterocycles. The number of hydrogen-bond acceptors (Lipinski definition) is 4. The number of ether oxygens (including phenoxy) is 1. The first-order chi connectivity index (χ1) is 13.2. The van der Waals surface area contributed by atoms with Gasteiger partial charge in [-0.3, -0.25) is 4.79 Å². The van der Waals surface area contributed by atoms with Crippen LogP contribution in [-0.2, 0) is 25.0 Å². The number of carbonyl (C=O) groups excluding carboxylic acids is 1. The first-order valence-corrected chi connectivity index (χ1v) is 11.4. The molecule has 0 unspecified atom stereocenters. The number of sulfonamides is 1. The maximum absolute atomic E-state index is 12.9. The van der Waals surface area contributed by atoms with E-state index in [0.717, 1.165) is 18.7 Å². The molecule has 1 aromatic carbocycles. The second-order valence-electron chi connectivity index (χ2n) is 8.60. The van der Waals surface area contributed by atoms with Crippen molar-refractivity contribution in [2.45, 2.75) is 31.1 Å². The van der Waals surface area contributed by atoms with Gasteiger partial charge in [-0.25, -0.2) is 8.42 Å². The smallest absolute Gasteiger partial charge is 0.277 e. The van der Waals surface area contributed by atoms with E-state index in [0.29, 0.717) is 50.8 Å². The Morgan fingerprint density at radius 2 is 1.61 bits per heavy atom. The zero-order valence-corrected chi connectivity index (χ0v) is 17.9. The maximum atomic E-state index is 12.9. The summed E-state index contributed by atoms with van der Waals surface area (Å²) in [5.74, 6) is 0.100. The lowest BCUT2D eigenvalue weighted by molar-refractivity contribution is -0.900. The number of hydrogen-bond donors (Lipinski definition) is 1. The van der Waals surface area contributed by atoms with Gasteiger partial charge in [-0.2, -0.15) is 4.31 Å². The second kappa shape index (κ2) is 8.49. The number of rotatable bonds is 4. The summed E-state index contributed by atoms with van der Waals surface area (Å²) in [7, 11) is -3.53.